The zero-order chi connectivity index (χ0) is 13.8. The summed E-state index contributed by atoms with van der Waals surface area (Å²) < 4.78 is 1.14. The summed E-state index contributed by atoms with van der Waals surface area (Å²) in [6.07, 6.45) is 0. The second-order valence-corrected chi connectivity index (χ2v) is 4.81. The summed E-state index contributed by atoms with van der Waals surface area (Å²) in [5, 5.41) is 29.2. The van der Waals surface area contributed by atoms with Gasteiger partial charge in [-0.3, -0.25) is 4.79 Å². The number of aromatic nitrogens is 4. The standard InChI is InChI=1S/C10H6ClN5O2S/c11-7-1-2-8(6(3-7)4-12)19-10-13-14-15-16(10)5-9(17)18/h1-3H,5H2,(H,17,18). The van der Waals surface area contributed by atoms with Crippen LogP contribution in [-0.2, 0) is 11.3 Å². The Balaban J connectivity index is 2.29. The Morgan fingerprint density at radius 1 is 1.58 bits per heavy atom. The van der Waals surface area contributed by atoms with Crippen LogP contribution in [0.1, 0.15) is 5.56 Å². The Bertz CT molecular complexity index is 666. The normalized spacial score (nSPS) is 10.1. The Labute approximate surface area is 116 Å². The van der Waals surface area contributed by atoms with Crippen LogP contribution in [0.4, 0.5) is 0 Å². The van der Waals surface area contributed by atoms with Gasteiger partial charge in [0.1, 0.15) is 12.6 Å². The fraction of sp³-hybridized carbons (Fsp3) is 0.100. The number of nitriles is 1. The number of aliphatic carboxylic acids is 1. The molecule has 1 heterocycles. The lowest BCUT2D eigenvalue weighted by molar-refractivity contribution is -0.138. The molecule has 0 atom stereocenters. The molecule has 1 N–H and O–H groups in total. The Morgan fingerprint density at radius 2 is 2.37 bits per heavy atom. The lowest BCUT2D eigenvalue weighted by Crippen LogP contribution is -2.11. The molecule has 0 aliphatic heterocycles. The number of halogens is 1. The second-order valence-electron chi connectivity index (χ2n) is 3.37. The summed E-state index contributed by atoms with van der Waals surface area (Å²) in [5.74, 6) is -1.05. The van der Waals surface area contributed by atoms with Gasteiger partial charge in [0.15, 0.2) is 0 Å². The molecular weight excluding hydrogens is 290 g/mol. The van der Waals surface area contributed by atoms with Crippen LogP contribution in [-0.4, -0.2) is 31.3 Å². The summed E-state index contributed by atoms with van der Waals surface area (Å²) in [5.41, 5.74) is 0.377. The molecule has 0 fully saturated rings. The number of hydrogen-bond donors (Lipinski definition) is 1. The molecule has 0 saturated heterocycles. The number of hydrogen-bond acceptors (Lipinski definition) is 6. The molecule has 2 rings (SSSR count). The van der Waals surface area contributed by atoms with Gasteiger partial charge in [0.25, 0.3) is 0 Å². The van der Waals surface area contributed by atoms with Crippen LogP contribution in [0.15, 0.2) is 28.3 Å². The molecule has 0 aliphatic carbocycles. The average molecular weight is 296 g/mol. The van der Waals surface area contributed by atoms with Crippen LogP contribution in [0.25, 0.3) is 0 Å². The molecule has 0 radical (unpaired) electrons. The number of nitrogens with zero attached hydrogens (tertiary/aromatic N) is 5. The summed E-state index contributed by atoms with van der Waals surface area (Å²) in [6.45, 7) is -0.342. The molecule has 0 unspecified atom stereocenters. The van der Waals surface area contributed by atoms with E-state index in [2.05, 4.69) is 15.5 Å². The van der Waals surface area contributed by atoms with Crippen molar-refractivity contribution in [3.63, 3.8) is 0 Å². The van der Waals surface area contributed by atoms with Gasteiger partial charge in [-0.15, -0.1) is 5.10 Å². The number of carbonyl (C=O) groups is 1. The van der Waals surface area contributed by atoms with Crippen molar-refractivity contribution in [3.05, 3.63) is 28.8 Å². The molecule has 7 nitrogen and oxygen atoms in total. The number of carboxylic acids is 1. The Hall–Kier alpha value is -2.11. The van der Waals surface area contributed by atoms with E-state index in [0.717, 1.165) is 16.4 Å². The first-order chi connectivity index (χ1) is 9.10. The molecular formula is C10H6ClN5O2S. The summed E-state index contributed by atoms with van der Waals surface area (Å²) in [4.78, 5) is 11.2. The lowest BCUT2D eigenvalue weighted by Gasteiger charge is -2.03. The van der Waals surface area contributed by atoms with E-state index < -0.39 is 5.97 Å². The van der Waals surface area contributed by atoms with Crippen molar-refractivity contribution in [2.45, 2.75) is 16.6 Å². The van der Waals surface area contributed by atoms with Gasteiger partial charge in [0.05, 0.1) is 5.56 Å². The molecule has 1 aromatic carbocycles. The first-order valence-corrected chi connectivity index (χ1v) is 6.15. The molecule has 9 heteroatoms. The summed E-state index contributed by atoms with van der Waals surface area (Å²) in [7, 11) is 0. The third-order valence-corrected chi connectivity index (χ3v) is 3.33. The maximum absolute atomic E-state index is 10.6. The molecule has 0 aliphatic rings. The number of tetrazole rings is 1. The predicted molar refractivity (Wildman–Crippen MR) is 65.7 cm³/mol. The van der Waals surface area contributed by atoms with E-state index >= 15 is 0 Å². The highest BCUT2D eigenvalue weighted by Gasteiger charge is 2.13. The van der Waals surface area contributed by atoms with E-state index in [1.54, 1.807) is 12.1 Å². The zero-order valence-corrected chi connectivity index (χ0v) is 10.9. The van der Waals surface area contributed by atoms with Gasteiger partial charge in [0.2, 0.25) is 5.16 Å². The van der Waals surface area contributed by atoms with Crippen molar-refractivity contribution in [2.24, 2.45) is 0 Å². The molecule has 0 saturated carbocycles. The molecule has 2 aromatic rings. The van der Waals surface area contributed by atoms with E-state index in [1.807, 2.05) is 6.07 Å². The average Bonchev–Trinajstić information content (AvgIpc) is 2.78. The third kappa shape index (κ3) is 3.21. The topological polar surface area (TPSA) is 105 Å². The van der Waals surface area contributed by atoms with Crippen LogP contribution >= 0.6 is 23.4 Å². The van der Waals surface area contributed by atoms with Crippen molar-refractivity contribution in [2.75, 3.05) is 0 Å². The molecule has 0 amide bonds. The van der Waals surface area contributed by atoms with Gasteiger partial charge in [-0.05, 0) is 40.4 Å². The Kier molecular flexibility index (Phi) is 3.99. The molecule has 1 aromatic heterocycles. The monoisotopic (exact) mass is 295 g/mol. The first-order valence-electron chi connectivity index (χ1n) is 4.95. The van der Waals surface area contributed by atoms with E-state index in [0.29, 0.717) is 20.6 Å². The van der Waals surface area contributed by atoms with Crippen LogP contribution < -0.4 is 0 Å². The maximum Gasteiger partial charge on any atom is 0.325 e. The van der Waals surface area contributed by atoms with Crippen LogP contribution in [0, 0.1) is 11.3 Å². The minimum Gasteiger partial charge on any atom is -0.480 e. The maximum atomic E-state index is 10.6. The smallest absolute Gasteiger partial charge is 0.325 e. The fourth-order valence-electron chi connectivity index (χ4n) is 1.27. The highest BCUT2D eigenvalue weighted by Crippen LogP contribution is 2.29. The molecule has 0 bridgehead atoms. The van der Waals surface area contributed by atoms with Crippen molar-refractivity contribution in [1.29, 1.82) is 5.26 Å². The molecule has 0 spiro atoms. The summed E-state index contributed by atoms with van der Waals surface area (Å²) in [6, 6.07) is 6.83. The first kappa shape index (κ1) is 13.3. The van der Waals surface area contributed by atoms with Crippen LogP contribution in [0.3, 0.4) is 0 Å². The molecule has 19 heavy (non-hydrogen) atoms. The van der Waals surface area contributed by atoms with Gasteiger partial charge in [0, 0.05) is 9.92 Å². The number of benzene rings is 1. The van der Waals surface area contributed by atoms with Crippen molar-refractivity contribution < 1.29 is 9.90 Å². The molecule has 96 valence electrons. The van der Waals surface area contributed by atoms with Gasteiger partial charge >= 0.3 is 5.97 Å². The van der Waals surface area contributed by atoms with Crippen molar-refractivity contribution in [3.8, 4) is 6.07 Å². The highest BCUT2D eigenvalue weighted by molar-refractivity contribution is 7.99. The largest absolute Gasteiger partial charge is 0.480 e. The minimum absolute atomic E-state index is 0.293. The van der Waals surface area contributed by atoms with E-state index in [4.69, 9.17) is 22.0 Å². The predicted octanol–water partition coefficient (Wildman–Crippen LogP) is 1.43. The highest BCUT2D eigenvalue weighted by atomic mass is 35.5. The Morgan fingerprint density at radius 3 is 3.05 bits per heavy atom. The van der Waals surface area contributed by atoms with Crippen LogP contribution in [0.5, 0.6) is 0 Å². The summed E-state index contributed by atoms with van der Waals surface area (Å²) >= 11 is 6.90. The number of carboxylic acid groups (broad SMARTS) is 1. The van der Waals surface area contributed by atoms with Gasteiger partial charge in [-0.2, -0.15) is 5.26 Å². The van der Waals surface area contributed by atoms with E-state index in [1.165, 1.54) is 6.07 Å². The fourth-order valence-corrected chi connectivity index (χ4v) is 2.28. The van der Waals surface area contributed by atoms with Crippen molar-refractivity contribution in [1.82, 2.24) is 20.2 Å². The van der Waals surface area contributed by atoms with Gasteiger partial charge in [-0.1, -0.05) is 11.6 Å². The van der Waals surface area contributed by atoms with Gasteiger partial charge in [-0.25, -0.2) is 4.68 Å². The number of rotatable bonds is 4. The van der Waals surface area contributed by atoms with Crippen molar-refractivity contribution >= 4 is 29.3 Å². The zero-order valence-electron chi connectivity index (χ0n) is 9.32. The van der Waals surface area contributed by atoms with Gasteiger partial charge < -0.3 is 5.11 Å². The third-order valence-electron chi connectivity index (χ3n) is 2.05. The SMILES string of the molecule is N#Cc1cc(Cl)ccc1Sc1nnnn1CC(=O)O. The quantitative estimate of drug-likeness (QED) is 0.909. The van der Waals surface area contributed by atoms with Crippen LogP contribution in [0.2, 0.25) is 5.02 Å². The second kappa shape index (κ2) is 5.69. The minimum atomic E-state index is -1.05. The van der Waals surface area contributed by atoms with E-state index in [9.17, 15) is 4.79 Å². The lowest BCUT2D eigenvalue weighted by atomic mass is 10.2. The van der Waals surface area contributed by atoms with E-state index in [-0.39, 0.29) is 6.54 Å².